The second-order valence-corrected chi connectivity index (χ2v) is 5.02. The van der Waals surface area contributed by atoms with Gasteiger partial charge in [0.2, 0.25) is 0 Å². The van der Waals surface area contributed by atoms with E-state index in [0.717, 1.165) is 13.1 Å². The highest BCUT2D eigenvalue weighted by molar-refractivity contribution is 5.96. The predicted molar refractivity (Wildman–Crippen MR) is 83.7 cm³/mol. The van der Waals surface area contributed by atoms with Crippen LogP contribution < -0.4 is 0 Å². The van der Waals surface area contributed by atoms with Crippen LogP contribution in [0.25, 0.3) is 11.5 Å². The van der Waals surface area contributed by atoms with E-state index in [1.165, 1.54) is 12.1 Å². The van der Waals surface area contributed by atoms with Gasteiger partial charge < -0.3 is 18.6 Å². The van der Waals surface area contributed by atoms with Gasteiger partial charge in [0.15, 0.2) is 11.5 Å². The summed E-state index contributed by atoms with van der Waals surface area (Å²) in [5, 5.41) is 14.5. The van der Waals surface area contributed by atoms with E-state index in [2.05, 4.69) is 10.1 Å². The van der Waals surface area contributed by atoms with Crippen molar-refractivity contribution >= 4 is 11.9 Å². The second-order valence-electron chi connectivity index (χ2n) is 5.02. The van der Waals surface area contributed by atoms with Crippen molar-refractivity contribution in [3.63, 3.8) is 0 Å². The van der Waals surface area contributed by atoms with Gasteiger partial charge in [-0.25, -0.2) is 4.79 Å². The van der Waals surface area contributed by atoms with E-state index < -0.39 is 16.8 Å². The van der Waals surface area contributed by atoms with Crippen molar-refractivity contribution in [2.45, 2.75) is 20.8 Å². The Morgan fingerprint density at radius 2 is 2.08 bits per heavy atom. The Bertz CT molecular complexity index is 717. The SMILES string of the molecule is CCN(CC)CCOC(=O)c1c(-c2ccc([N+](=O)[O-])o2)noc1C. The molecule has 0 atom stereocenters. The first-order valence-corrected chi connectivity index (χ1v) is 7.58. The number of hydrogen-bond acceptors (Lipinski definition) is 8. The van der Waals surface area contributed by atoms with Crippen molar-refractivity contribution in [3.05, 3.63) is 33.6 Å². The third-order valence-electron chi connectivity index (χ3n) is 3.61. The smallest absolute Gasteiger partial charge is 0.433 e. The van der Waals surface area contributed by atoms with Crippen LogP contribution in [-0.2, 0) is 4.74 Å². The molecule has 130 valence electrons. The predicted octanol–water partition coefficient (Wildman–Crippen LogP) is 2.65. The molecule has 24 heavy (non-hydrogen) atoms. The molecule has 0 fully saturated rings. The fourth-order valence-electron chi connectivity index (χ4n) is 2.21. The lowest BCUT2D eigenvalue weighted by Crippen LogP contribution is -2.28. The van der Waals surface area contributed by atoms with E-state index in [0.29, 0.717) is 6.54 Å². The van der Waals surface area contributed by atoms with Crippen LogP contribution in [0.5, 0.6) is 0 Å². The van der Waals surface area contributed by atoms with E-state index in [9.17, 15) is 14.9 Å². The maximum atomic E-state index is 12.3. The molecule has 0 aliphatic heterocycles. The summed E-state index contributed by atoms with van der Waals surface area (Å²) in [6, 6.07) is 2.55. The van der Waals surface area contributed by atoms with Gasteiger partial charge >= 0.3 is 11.9 Å². The van der Waals surface area contributed by atoms with Crippen LogP contribution >= 0.6 is 0 Å². The molecule has 0 aliphatic carbocycles. The molecule has 2 aromatic rings. The summed E-state index contributed by atoms with van der Waals surface area (Å²) < 4.78 is 15.4. The monoisotopic (exact) mass is 337 g/mol. The van der Waals surface area contributed by atoms with Gasteiger partial charge in [-0.1, -0.05) is 19.0 Å². The molecule has 0 bridgehead atoms. The van der Waals surface area contributed by atoms with Gasteiger partial charge in [-0.2, -0.15) is 0 Å². The van der Waals surface area contributed by atoms with Gasteiger partial charge in [0.05, 0.1) is 6.07 Å². The van der Waals surface area contributed by atoms with E-state index in [1.54, 1.807) is 6.92 Å². The maximum Gasteiger partial charge on any atom is 0.433 e. The molecule has 0 N–H and O–H groups in total. The molecule has 0 saturated carbocycles. The summed E-state index contributed by atoms with van der Waals surface area (Å²) in [7, 11) is 0. The quantitative estimate of drug-likeness (QED) is 0.410. The Balaban J connectivity index is 2.14. The molecule has 0 saturated heterocycles. The second kappa shape index (κ2) is 7.73. The number of aromatic nitrogens is 1. The van der Waals surface area contributed by atoms with Crippen molar-refractivity contribution in [1.82, 2.24) is 10.1 Å². The molecular formula is C15H19N3O6. The Morgan fingerprint density at radius 1 is 1.38 bits per heavy atom. The molecule has 0 radical (unpaired) electrons. The molecule has 0 aliphatic rings. The highest BCUT2D eigenvalue weighted by Crippen LogP contribution is 2.29. The molecule has 0 spiro atoms. The molecule has 0 aromatic carbocycles. The highest BCUT2D eigenvalue weighted by atomic mass is 16.6. The van der Waals surface area contributed by atoms with E-state index in [1.807, 2.05) is 13.8 Å². The number of rotatable bonds is 8. The maximum absolute atomic E-state index is 12.3. The molecular weight excluding hydrogens is 318 g/mol. The summed E-state index contributed by atoms with van der Waals surface area (Å²) in [6.07, 6.45) is 0. The third-order valence-corrected chi connectivity index (χ3v) is 3.61. The Hall–Kier alpha value is -2.68. The van der Waals surface area contributed by atoms with Gasteiger partial charge in [-0.15, -0.1) is 0 Å². The van der Waals surface area contributed by atoms with Gasteiger partial charge in [-0.3, -0.25) is 10.1 Å². The van der Waals surface area contributed by atoms with E-state index in [-0.39, 0.29) is 29.4 Å². The minimum absolute atomic E-state index is 0.0780. The normalized spacial score (nSPS) is 11.0. The Morgan fingerprint density at radius 3 is 2.67 bits per heavy atom. The highest BCUT2D eigenvalue weighted by Gasteiger charge is 2.26. The fraction of sp³-hybridized carbons (Fsp3) is 0.467. The van der Waals surface area contributed by atoms with Crippen LogP contribution in [0.15, 0.2) is 21.1 Å². The first-order valence-electron chi connectivity index (χ1n) is 7.58. The van der Waals surface area contributed by atoms with Crippen LogP contribution in [0.1, 0.15) is 30.0 Å². The van der Waals surface area contributed by atoms with Crippen molar-refractivity contribution in [1.29, 1.82) is 0 Å². The summed E-state index contributed by atoms with van der Waals surface area (Å²) in [6.45, 7) is 8.18. The number of nitrogens with zero attached hydrogens (tertiary/aromatic N) is 3. The average molecular weight is 337 g/mol. The number of nitro groups is 1. The standard InChI is InChI=1S/C15H19N3O6/c1-4-17(5-2)8-9-22-15(19)13-10(3)24-16-14(13)11-6-7-12(23-11)18(20)21/h6-7H,4-5,8-9H2,1-3H3. The van der Waals surface area contributed by atoms with Crippen molar-refractivity contribution < 1.29 is 23.4 Å². The number of likely N-dealkylation sites (N-methyl/N-ethyl adjacent to an activating group) is 1. The van der Waals surface area contributed by atoms with Crippen molar-refractivity contribution in [3.8, 4) is 11.5 Å². The van der Waals surface area contributed by atoms with Gasteiger partial charge in [0.1, 0.15) is 22.9 Å². The summed E-state index contributed by atoms with van der Waals surface area (Å²) in [5.74, 6) is -0.701. The van der Waals surface area contributed by atoms with Crippen LogP contribution in [0, 0.1) is 17.0 Å². The van der Waals surface area contributed by atoms with Crippen molar-refractivity contribution in [2.24, 2.45) is 0 Å². The zero-order chi connectivity index (χ0) is 17.7. The number of ether oxygens (including phenoxy) is 1. The van der Waals surface area contributed by atoms with Crippen molar-refractivity contribution in [2.75, 3.05) is 26.2 Å². The lowest BCUT2D eigenvalue weighted by atomic mass is 10.1. The third kappa shape index (κ3) is 3.80. The van der Waals surface area contributed by atoms with Gasteiger partial charge in [0.25, 0.3) is 0 Å². The number of carbonyl (C=O) groups excluding carboxylic acids is 1. The largest absolute Gasteiger partial charge is 0.461 e. The molecule has 9 heteroatoms. The number of hydrogen-bond donors (Lipinski definition) is 0. The summed E-state index contributed by atoms with van der Waals surface area (Å²) in [5.41, 5.74) is 0.201. The lowest BCUT2D eigenvalue weighted by molar-refractivity contribution is -0.401. The fourth-order valence-corrected chi connectivity index (χ4v) is 2.21. The van der Waals surface area contributed by atoms with E-state index >= 15 is 0 Å². The molecule has 2 rings (SSSR count). The van der Waals surface area contributed by atoms with Crippen LogP contribution in [0.4, 0.5) is 5.88 Å². The van der Waals surface area contributed by atoms with Gasteiger partial charge in [0, 0.05) is 6.54 Å². The number of carbonyl (C=O) groups is 1. The molecule has 0 unspecified atom stereocenters. The summed E-state index contributed by atoms with van der Waals surface area (Å²) in [4.78, 5) is 24.5. The zero-order valence-electron chi connectivity index (χ0n) is 13.8. The molecule has 0 amide bonds. The van der Waals surface area contributed by atoms with Crippen LogP contribution in [0.3, 0.4) is 0 Å². The number of furan rings is 1. The Kier molecular flexibility index (Phi) is 5.69. The molecule has 2 aromatic heterocycles. The number of aryl methyl sites for hydroxylation is 1. The minimum Gasteiger partial charge on any atom is -0.461 e. The molecule has 2 heterocycles. The molecule has 9 nitrogen and oxygen atoms in total. The lowest BCUT2D eigenvalue weighted by Gasteiger charge is -2.17. The first-order chi connectivity index (χ1) is 11.5. The minimum atomic E-state index is -0.668. The average Bonchev–Trinajstić information content (AvgIpc) is 3.18. The zero-order valence-corrected chi connectivity index (χ0v) is 13.8. The van der Waals surface area contributed by atoms with E-state index in [4.69, 9.17) is 13.7 Å². The topological polar surface area (TPSA) is 112 Å². The van der Waals surface area contributed by atoms with Crippen LogP contribution in [0.2, 0.25) is 0 Å². The van der Waals surface area contributed by atoms with Crippen LogP contribution in [-0.4, -0.2) is 47.2 Å². The Labute approximate surface area is 138 Å². The number of esters is 1. The van der Waals surface area contributed by atoms with Gasteiger partial charge in [-0.05, 0) is 26.1 Å². The summed E-state index contributed by atoms with van der Waals surface area (Å²) >= 11 is 0. The first kappa shape index (κ1) is 17.7.